The number of allylic oxidation sites excluding steroid dienone is 3. The van der Waals surface area contributed by atoms with Crippen LogP contribution in [-0.2, 0) is 19.1 Å². The largest absolute Gasteiger partial charge is 0.481 e. The molecule has 0 radical (unpaired) electrons. The van der Waals surface area contributed by atoms with E-state index in [2.05, 4.69) is 4.98 Å². The van der Waals surface area contributed by atoms with E-state index in [-0.39, 0.29) is 0 Å². The van der Waals surface area contributed by atoms with Gasteiger partial charge >= 0.3 is 5.97 Å². The summed E-state index contributed by atoms with van der Waals surface area (Å²) in [6.07, 6.45) is 11.9. The van der Waals surface area contributed by atoms with Crippen LogP contribution in [0.25, 0.3) is 23.1 Å². The second-order valence-electron chi connectivity index (χ2n) is 9.47. The minimum Gasteiger partial charge on any atom is -0.481 e. The van der Waals surface area contributed by atoms with Crippen LogP contribution in [0.1, 0.15) is 42.7 Å². The van der Waals surface area contributed by atoms with Crippen LogP contribution in [0.3, 0.4) is 0 Å². The zero-order valence-electron chi connectivity index (χ0n) is 20.5. The van der Waals surface area contributed by atoms with Gasteiger partial charge in [0.1, 0.15) is 6.10 Å². The minimum absolute atomic E-state index is 0.325. The molecular weight excluding hydrogens is 510 g/mol. The molecule has 4 rings (SSSR count). The molecule has 1 N–H and O–H groups in total. The van der Waals surface area contributed by atoms with E-state index in [0.717, 1.165) is 28.4 Å². The Morgan fingerprint density at radius 2 is 1.95 bits per heavy atom. The number of hydrogen-bond acceptors (Lipinski definition) is 5. The second-order valence-corrected chi connectivity index (χ2v) is 11.5. The highest BCUT2D eigenvalue weighted by Crippen LogP contribution is 2.41. The molecule has 0 fully saturated rings. The van der Waals surface area contributed by atoms with Crippen molar-refractivity contribution in [2.24, 2.45) is 11.3 Å². The van der Waals surface area contributed by atoms with E-state index in [1.165, 1.54) is 0 Å². The molecule has 1 heterocycles. The van der Waals surface area contributed by atoms with Crippen LogP contribution in [0.15, 0.2) is 78.9 Å². The lowest BCUT2D eigenvalue weighted by Gasteiger charge is -2.33. The molecule has 0 bridgehead atoms. The number of carboxylic acid groups (broad SMARTS) is 1. The Morgan fingerprint density at radius 1 is 1.16 bits per heavy atom. The third-order valence-corrected chi connectivity index (χ3v) is 7.33. The van der Waals surface area contributed by atoms with Crippen LogP contribution in [0.4, 0.5) is 0 Å². The number of carboxylic acids is 1. The number of aromatic nitrogens is 1. The topological polar surface area (TPSA) is 93.6 Å². The third-order valence-electron chi connectivity index (χ3n) is 6.51. The van der Waals surface area contributed by atoms with Crippen molar-refractivity contribution in [3.8, 4) is 0 Å². The Hall–Kier alpha value is -3.26. The summed E-state index contributed by atoms with van der Waals surface area (Å²) in [7, 11) is -3.75. The number of rotatable bonds is 9. The van der Waals surface area contributed by atoms with E-state index >= 15 is 0 Å². The highest BCUT2D eigenvalue weighted by atomic mass is 35.5. The summed E-state index contributed by atoms with van der Waals surface area (Å²) in [6, 6.07) is 16.9. The van der Waals surface area contributed by atoms with E-state index in [1.807, 2.05) is 85.8 Å². The molecule has 3 aromatic rings. The van der Waals surface area contributed by atoms with E-state index in [9.17, 15) is 18.3 Å². The molecule has 0 amide bonds. The van der Waals surface area contributed by atoms with E-state index in [1.54, 1.807) is 12.2 Å². The molecule has 0 aliphatic heterocycles. The first-order valence-electron chi connectivity index (χ1n) is 11.8. The average Bonchev–Trinajstić information content (AvgIpc) is 2.84. The van der Waals surface area contributed by atoms with Gasteiger partial charge in [-0.15, -0.1) is 0 Å². The van der Waals surface area contributed by atoms with Gasteiger partial charge in [-0.1, -0.05) is 79.2 Å². The highest BCUT2D eigenvalue weighted by Gasteiger charge is 2.37. The second kappa shape index (κ2) is 11.0. The fourth-order valence-electron chi connectivity index (χ4n) is 4.54. The summed E-state index contributed by atoms with van der Waals surface area (Å²) in [6.45, 7) is 1.87. The van der Waals surface area contributed by atoms with Gasteiger partial charge in [0, 0.05) is 15.8 Å². The van der Waals surface area contributed by atoms with Crippen LogP contribution >= 0.6 is 11.6 Å². The van der Waals surface area contributed by atoms with Crippen molar-refractivity contribution in [3.63, 3.8) is 0 Å². The van der Waals surface area contributed by atoms with Crippen molar-refractivity contribution in [2.45, 2.75) is 25.9 Å². The Bertz CT molecular complexity index is 1510. The molecular formula is C29H28ClNO5S. The Morgan fingerprint density at radius 3 is 2.70 bits per heavy atom. The van der Waals surface area contributed by atoms with Crippen molar-refractivity contribution < 1.29 is 22.5 Å². The van der Waals surface area contributed by atoms with E-state index in [4.69, 9.17) is 15.8 Å². The van der Waals surface area contributed by atoms with Crippen LogP contribution in [-0.4, -0.2) is 30.7 Å². The van der Waals surface area contributed by atoms with Crippen LogP contribution < -0.4 is 0 Å². The molecule has 1 aromatic heterocycles. The number of aliphatic carboxylic acids is 1. The lowest BCUT2D eigenvalue weighted by molar-refractivity contribution is -0.143. The number of hydrogen-bond donors (Lipinski definition) is 1. The third kappa shape index (κ3) is 6.95. The Labute approximate surface area is 222 Å². The molecule has 3 atom stereocenters. The molecule has 2 aromatic carbocycles. The van der Waals surface area contributed by atoms with Gasteiger partial charge in [-0.25, -0.2) is 4.98 Å². The summed E-state index contributed by atoms with van der Waals surface area (Å²) < 4.78 is 29.6. The summed E-state index contributed by atoms with van der Waals surface area (Å²) in [5.74, 6) is -1.62. The number of halogens is 1. The molecule has 1 aliphatic carbocycles. The fraction of sp³-hybridized carbons (Fsp3) is 0.241. The molecule has 0 spiro atoms. The number of nitrogens with zero attached hydrogens (tertiary/aromatic N) is 1. The summed E-state index contributed by atoms with van der Waals surface area (Å²) in [5, 5.41) is 11.3. The summed E-state index contributed by atoms with van der Waals surface area (Å²) in [5.41, 5.74) is 2.43. The zero-order chi connectivity index (χ0) is 26.6. The maximum atomic E-state index is 12.1. The first-order valence-corrected chi connectivity index (χ1v) is 14.0. The van der Waals surface area contributed by atoms with Gasteiger partial charge in [0.2, 0.25) is 0 Å². The van der Waals surface area contributed by atoms with Crippen molar-refractivity contribution in [1.82, 2.24) is 4.98 Å². The predicted octanol–water partition coefficient (Wildman–Crippen LogP) is 6.69. The summed E-state index contributed by atoms with van der Waals surface area (Å²) >= 11 is 6.10. The van der Waals surface area contributed by atoms with Gasteiger partial charge in [0.15, 0.2) is 0 Å². The van der Waals surface area contributed by atoms with E-state index < -0.39 is 33.5 Å². The molecule has 192 valence electrons. The molecule has 6 nitrogen and oxygen atoms in total. The van der Waals surface area contributed by atoms with Gasteiger partial charge in [-0.2, -0.15) is 8.42 Å². The maximum Gasteiger partial charge on any atom is 0.311 e. The van der Waals surface area contributed by atoms with Crippen molar-refractivity contribution >= 4 is 50.7 Å². The minimum atomic E-state index is -3.75. The van der Waals surface area contributed by atoms with Crippen molar-refractivity contribution in [3.05, 3.63) is 101 Å². The number of fused-ring (bicyclic) bond motifs is 1. The normalized spacial score (nSPS) is 20.5. The quantitative estimate of drug-likeness (QED) is 0.306. The average molecular weight is 538 g/mol. The summed E-state index contributed by atoms with van der Waals surface area (Å²) in [4.78, 5) is 16.4. The number of pyridine rings is 1. The van der Waals surface area contributed by atoms with Crippen LogP contribution in [0.2, 0.25) is 5.02 Å². The van der Waals surface area contributed by atoms with E-state index in [0.29, 0.717) is 23.4 Å². The van der Waals surface area contributed by atoms with Gasteiger partial charge in [-0.05, 0) is 54.3 Å². The molecule has 1 aliphatic rings. The number of carbonyl (C=O) groups is 1. The standard InChI is InChI=1S/C29H28ClNO5S/c1-29(16-4-3-8-25(29)28(32)33)17-15-27(36-37(2,34)35)22-7-5-6-20(18-22)9-13-24-14-11-21-10-12-23(30)19-26(21)31-24/h3-14,16,18-19,25,27H,15,17H2,1-2H3,(H,32,33)/b13-9+/t25?,27-,29?/m0/s1. The van der Waals surface area contributed by atoms with Gasteiger partial charge in [0.05, 0.1) is 23.4 Å². The fourth-order valence-corrected chi connectivity index (χ4v) is 5.34. The molecule has 0 saturated carbocycles. The van der Waals surface area contributed by atoms with Gasteiger partial charge in [0.25, 0.3) is 10.1 Å². The van der Waals surface area contributed by atoms with Gasteiger partial charge < -0.3 is 5.11 Å². The monoisotopic (exact) mass is 537 g/mol. The van der Waals surface area contributed by atoms with Crippen molar-refractivity contribution in [2.75, 3.05) is 6.26 Å². The smallest absolute Gasteiger partial charge is 0.311 e. The van der Waals surface area contributed by atoms with Crippen molar-refractivity contribution in [1.29, 1.82) is 0 Å². The predicted molar refractivity (Wildman–Crippen MR) is 148 cm³/mol. The zero-order valence-corrected chi connectivity index (χ0v) is 22.1. The number of benzene rings is 2. The van der Waals surface area contributed by atoms with Crippen LogP contribution in [0, 0.1) is 11.3 Å². The Kier molecular flexibility index (Phi) is 7.97. The SMILES string of the molecule is CC1(CC[C@H](OS(C)(=O)=O)c2cccc(/C=C/c3ccc4ccc(Cl)cc4n3)c2)C=CC=CC1C(=O)O. The molecule has 8 heteroatoms. The maximum absolute atomic E-state index is 12.1. The highest BCUT2D eigenvalue weighted by molar-refractivity contribution is 7.86. The lowest BCUT2D eigenvalue weighted by atomic mass is 9.71. The lowest BCUT2D eigenvalue weighted by Crippen LogP contribution is -2.32. The Balaban J connectivity index is 1.57. The first-order chi connectivity index (χ1) is 17.5. The molecule has 0 saturated heterocycles. The molecule has 37 heavy (non-hydrogen) atoms. The first kappa shape index (κ1) is 26.8. The van der Waals surface area contributed by atoms with Crippen LogP contribution in [0.5, 0.6) is 0 Å². The molecule has 2 unspecified atom stereocenters. The van der Waals surface area contributed by atoms with Gasteiger partial charge in [-0.3, -0.25) is 8.98 Å².